The Morgan fingerprint density at radius 3 is 2.77 bits per heavy atom. The van der Waals surface area contributed by atoms with Gasteiger partial charge in [0.05, 0.1) is 11.8 Å². The van der Waals surface area contributed by atoms with Crippen LogP contribution < -0.4 is 5.32 Å². The highest BCUT2D eigenvalue weighted by Crippen LogP contribution is 2.46. The molecule has 3 N–H and O–H groups in total. The topological polar surface area (TPSA) is 85.7 Å². The van der Waals surface area contributed by atoms with Gasteiger partial charge in [0.1, 0.15) is 5.60 Å². The van der Waals surface area contributed by atoms with Crippen LogP contribution in [0, 0.1) is 0 Å². The van der Waals surface area contributed by atoms with Crippen LogP contribution >= 0.6 is 23.2 Å². The lowest BCUT2D eigenvalue weighted by Crippen LogP contribution is -2.57. The Labute approximate surface area is 183 Å². The van der Waals surface area contributed by atoms with Crippen LogP contribution in [0.2, 0.25) is 10.0 Å². The van der Waals surface area contributed by atoms with Crippen LogP contribution in [0.15, 0.2) is 36.5 Å². The second-order valence-electron chi connectivity index (χ2n) is 8.00. The van der Waals surface area contributed by atoms with Crippen molar-refractivity contribution in [1.29, 1.82) is 0 Å². The normalized spacial score (nSPS) is 26.7. The molecule has 2 heterocycles. The summed E-state index contributed by atoms with van der Waals surface area (Å²) in [6.45, 7) is 1.18. The molecule has 9 heteroatoms. The van der Waals surface area contributed by atoms with Crippen LogP contribution in [0.5, 0.6) is 0 Å². The minimum absolute atomic E-state index is 0.0369. The van der Waals surface area contributed by atoms with Gasteiger partial charge in [-0.25, -0.2) is 4.39 Å². The number of fused-ring (bicyclic) bond motifs is 1. The van der Waals surface area contributed by atoms with Crippen molar-refractivity contribution in [2.24, 2.45) is 0 Å². The molecule has 160 valence electrons. The summed E-state index contributed by atoms with van der Waals surface area (Å²) in [7, 11) is 0. The molecule has 4 rings (SSSR count). The van der Waals surface area contributed by atoms with Crippen LogP contribution in [-0.4, -0.2) is 51.7 Å². The lowest BCUT2D eigenvalue weighted by atomic mass is 9.74. The van der Waals surface area contributed by atoms with Crippen molar-refractivity contribution in [3.8, 4) is 0 Å². The van der Waals surface area contributed by atoms with E-state index >= 15 is 4.39 Å². The van der Waals surface area contributed by atoms with Gasteiger partial charge in [-0.05, 0) is 36.6 Å². The molecule has 1 aromatic heterocycles. The summed E-state index contributed by atoms with van der Waals surface area (Å²) in [4.78, 5) is 19.0. The molecule has 0 unspecified atom stereocenters. The first-order valence-electron chi connectivity index (χ1n) is 9.71. The third-order valence-corrected chi connectivity index (χ3v) is 6.38. The van der Waals surface area contributed by atoms with Gasteiger partial charge < -0.3 is 15.5 Å². The fraction of sp³-hybridized carbons (Fsp3) is 0.429. The van der Waals surface area contributed by atoms with E-state index in [1.807, 2.05) is 4.90 Å². The van der Waals surface area contributed by atoms with Gasteiger partial charge in [0.15, 0.2) is 0 Å². The number of amides is 1. The predicted octanol–water partition coefficient (Wildman–Crippen LogP) is 2.53. The summed E-state index contributed by atoms with van der Waals surface area (Å²) in [6.07, 6.45) is 0.922. The van der Waals surface area contributed by atoms with Crippen LogP contribution in [0.25, 0.3) is 0 Å². The molecule has 2 aliphatic rings. The maximum absolute atomic E-state index is 16.0. The molecule has 1 aromatic carbocycles. The number of carbonyl (C=O) groups is 1. The molecule has 2 aromatic rings. The smallest absolute Gasteiger partial charge is 0.262 e. The molecule has 1 aliphatic heterocycles. The van der Waals surface area contributed by atoms with Crippen LogP contribution in [0.1, 0.15) is 29.7 Å². The first-order chi connectivity index (χ1) is 14.2. The summed E-state index contributed by atoms with van der Waals surface area (Å²) in [5.74, 6) is -0.802. The minimum Gasteiger partial charge on any atom is -0.390 e. The fourth-order valence-corrected chi connectivity index (χ4v) is 4.62. The van der Waals surface area contributed by atoms with E-state index in [0.29, 0.717) is 28.7 Å². The molecule has 0 spiro atoms. The summed E-state index contributed by atoms with van der Waals surface area (Å²) in [6, 6.07) is 7.92. The van der Waals surface area contributed by atoms with Crippen LogP contribution in [-0.2, 0) is 22.6 Å². The first kappa shape index (κ1) is 21.5. The van der Waals surface area contributed by atoms with Crippen molar-refractivity contribution in [3.63, 3.8) is 0 Å². The van der Waals surface area contributed by atoms with Gasteiger partial charge in [-0.1, -0.05) is 35.3 Å². The fourth-order valence-electron chi connectivity index (χ4n) is 4.14. The number of likely N-dealkylation sites (tertiary alicyclic amines) is 1. The van der Waals surface area contributed by atoms with E-state index in [0.717, 1.165) is 0 Å². The molecule has 1 aliphatic carbocycles. The first-order valence-corrected chi connectivity index (χ1v) is 10.5. The highest BCUT2D eigenvalue weighted by molar-refractivity contribution is 6.35. The third-order valence-electron chi connectivity index (χ3n) is 5.80. The van der Waals surface area contributed by atoms with Crippen molar-refractivity contribution in [3.05, 3.63) is 63.4 Å². The molecule has 1 saturated heterocycles. The van der Waals surface area contributed by atoms with E-state index in [-0.39, 0.29) is 37.2 Å². The van der Waals surface area contributed by atoms with Crippen molar-refractivity contribution in [2.75, 3.05) is 19.6 Å². The van der Waals surface area contributed by atoms with Gasteiger partial charge >= 0.3 is 0 Å². The molecule has 0 bridgehead atoms. The number of hydrogen-bond acceptors (Lipinski definition) is 5. The molecular weight excluding hydrogens is 432 g/mol. The van der Waals surface area contributed by atoms with Crippen molar-refractivity contribution in [2.45, 2.75) is 36.8 Å². The zero-order valence-electron chi connectivity index (χ0n) is 16.1. The molecule has 0 radical (unpaired) electrons. The van der Waals surface area contributed by atoms with Crippen LogP contribution in [0.3, 0.4) is 0 Å². The van der Waals surface area contributed by atoms with Crippen molar-refractivity contribution >= 4 is 29.1 Å². The maximum Gasteiger partial charge on any atom is 0.262 e. The second kappa shape index (κ2) is 8.05. The van der Waals surface area contributed by atoms with Crippen molar-refractivity contribution < 1.29 is 19.4 Å². The van der Waals surface area contributed by atoms with E-state index < -0.39 is 23.3 Å². The Morgan fingerprint density at radius 1 is 1.30 bits per heavy atom. The lowest BCUT2D eigenvalue weighted by Gasteiger charge is -2.45. The number of carbonyl (C=O) groups excluding carboxylic acids is 1. The number of nitrogens with one attached hydrogen (secondary N) is 1. The van der Waals surface area contributed by atoms with E-state index in [1.54, 1.807) is 24.3 Å². The van der Waals surface area contributed by atoms with Crippen molar-refractivity contribution in [1.82, 2.24) is 15.2 Å². The number of hydrogen-bond donors (Lipinski definition) is 3. The van der Waals surface area contributed by atoms with Gasteiger partial charge in [0.2, 0.25) is 5.67 Å². The Balaban J connectivity index is 1.55. The average molecular weight is 454 g/mol. The van der Waals surface area contributed by atoms with E-state index in [4.69, 9.17) is 23.2 Å². The monoisotopic (exact) mass is 453 g/mol. The molecular formula is C21H22Cl2FN3O3. The number of pyridine rings is 1. The number of halogens is 3. The Morgan fingerprint density at radius 2 is 2.07 bits per heavy atom. The third kappa shape index (κ3) is 3.92. The summed E-state index contributed by atoms with van der Waals surface area (Å²) >= 11 is 12.0. The van der Waals surface area contributed by atoms with E-state index in [2.05, 4.69) is 10.3 Å². The number of aromatic nitrogens is 1. The minimum atomic E-state index is -2.32. The number of β-amino-alcohol motifs (C(OH)–C–C–N with tert-alkyl or cyclic N) is 2. The zero-order chi connectivity index (χ0) is 21.5. The molecule has 1 fully saturated rings. The highest BCUT2D eigenvalue weighted by atomic mass is 35.5. The highest BCUT2D eigenvalue weighted by Gasteiger charge is 2.52. The Bertz CT molecular complexity index is 972. The number of rotatable bonds is 5. The number of aliphatic hydroxyl groups is 2. The largest absolute Gasteiger partial charge is 0.390 e. The summed E-state index contributed by atoms with van der Waals surface area (Å²) < 4.78 is 16.0. The number of benzene rings is 1. The molecule has 0 saturated carbocycles. The Kier molecular flexibility index (Phi) is 5.76. The Hall–Kier alpha value is -1.77. The van der Waals surface area contributed by atoms with Gasteiger partial charge in [0, 0.05) is 48.0 Å². The number of alkyl halides is 1. The summed E-state index contributed by atoms with van der Waals surface area (Å²) in [5, 5.41) is 24.2. The predicted molar refractivity (Wildman–Crippen MR) is 111 cm³/mol. The molecule has 30 heavy (non-hydrogen) atoms. The van der Waals surface area contributed by atoms with Gasteiger partial charge in [-0.2, -0.15) is 0 Å². The summed E-state index contributed by atoms with van der Waals surface area (Å²) in [5.41, 5.74) is -2.85. The lowest BCUT2D eigenvalue weighted by molar-refractivity contribution is -0.138. The second-order valence-corrected chi connectivity index (χ2v) is 8.84. The molecule has 6 nitrogen and oxygen atoms in total. The van der Waals surface area contributed by atoms with Gasteiger partial charge in [-0.3, -0.25) is 14.7 Å². The average Bonchev–Trinajstić information content (AvgIpc) is 2.69. The van der Waals surface area contributed by atoms with Crippen LogP contribution in [0.4, 0.5) is 4.39 Å². The molecule has 1 amide bonds. The molecule has 2 atom stereocenters. The zero-order valence-corrected chi connectivity index (χ0v) is 17.6. The SMILES string of the molecule is O=C(NCc1ccc(Cl)cc1Cl)[C@@]1(F)CC[C@](O)(CN2CC(O)C2)c2ncccc21. The number of nitrogens with zero attached hydrogens (tertiary/aromatic N) is 2. The van der Waals surface area contributed by atoms with E-state index in [9.17, 15) is 15.0 Å². The standard InChI is InChI=1S/C21H22Cl2FN3O3/c22-14-4-3-13(17(23)8-14)9-26-19(29)21(24)6-5-20(30,12-27-10-15(28)11-27)18-16(21)2-1-7-25-18/h1-4,7-8,15,28,30H,5-6,9-12H2,(H,26,29)/t20-,21+/m0/s1. The quantitative estimate of drug-likeness (QED) is 0.647. The maximum atomic E-state index is 16.0. The van der Waals surface area contributed by atoms with Gasteiger partial charge in [-0.15, -0.1) is 0 Å². The van der Waals surface area contributed by atoms with E-state index in [1.165, 1.54) is 12.3 Å². The van der Waals surface area contributed by atoms with Gasteiger partial charge in [0.25, 0.3) is 5.91 Å². The number of aliphatic hydroxyl groups excluding tert-OH is 1.